The maximum atomic E-state index is 5.79. The number of thiophene rings is 1. The van der Waals surface area contributed by atoms with Crippen LogP contribution in [-0.4, -0.2) is 25.5 Å². The number of rotatable bonds is 9. The summed E-state index contributed by atoms with van der Waals surface area (Å²) < 4.78 is 7.10. The maximum absolute atomic E-state index is 5.79. The Morgan fingerprint density at radius 2 is 2.00 bits per heavy atom. The van der Waals surface area contributed by atoms with E-state index >= 15 is 0 Å². The molecule has 5 heteroatoms. The predicted molar refractivity (Wildman–Crippen MR) is 131 cm³/mol. The molecule has 0 amide bonds. The summed E-state index contributed by atoms with van der Waals surface area (Å²) in [6.07, 6.45) is 5.41. The number of hydrogen-bond acceptors (Lipinski definition) is 5. The third kappa shape index (κ3) is 5.79. The molecule has 1 aromatic heterocycles. The van der Waals surface area contributed by atoms with E-state index in [4.69, 9.17) is 16.2 Å². The minimum absolute atomic E-state index is 0.176. The lowest BCUT2D eigenvalue weighted by atomic mass is 10.0. The minimum atomic E-state index is -0.176. The highest BCUT2D eigenvalue weighted by molar-refractivity contribution is 7.20. The molecule has 2 aromatic carbocycles. The van der Waals surface area contributed by atoms with E-state index in [2.05, 4.69) is 55.2 Å². The number of ether oxygens (including phenoxy) is 1. The zero-order chi connectivity index (χ0) is 21.5. The lowest BCUT2D eigenvalue weighted by Crippen LogP contribution is -2.10. The van der Waals surface area contributed by atoms with E-state index in [1.54, 1.807) is 6.21 Å². The smallest absolute Gasteiger partial charge is 0.119 e. The molecule has 0 bridgehead atoms. The molecule has 158 valence electrons. The SMILES string of the molecule is C/C(=C\C=N/C(C)N)c1sc2ccc(Cc3cccc(OCCCN)c3)cc2c1C. The summed E-state index contributed by atoms with van der Waals surface area (Å²) in [6, 6.07) is 15.1. The molecule has 1 unspecified atom stereocenters. The van der Waals surface area contributed by atoms with Gasteiger partial charge in [0.1, 0.15) is 5.75 Å². The second-order valence-electron chi connectivity index (χ2n) is 7.59. The number of aryl methyl sites for hydroxylation is 1. The van der Waals surface area contributed by atoms with Crippen molar-refractivity contribution in [1.82, 2.24) is 0 Å². The van der Waals surface area contributed by atoms with Gasteiger partial charge in [-0.1, -0.05) is 18.2 Å². The van der Waals surface area contributed by atoms with E-state index in [0.717, 1.165) is 18.6 Å². The van der Waals surface area contributed by atoms with Crippen LogP contribution in [0.4, 0.5) is 0 Å². The molecule has 30 heavy (non-hydrogen) atoms. The van der Waals surface area contributed by atoms with Gasteiger partial charge in [0.25, 0.3) is 0 Å². The van der Waals surface area contributed by atoms with Crippen molar-refractivity contribution in [1.29, 1.82) is 0 Å². The van der Waals surface area contributed by atoms with Crippen LogP contribution in [0.25, 0.3) is 15.7 Å². The third-order valence-corrected chi connectivity index (χ3v) is 6.34. The summed E-state index contributed by atoms with van der Waals surface area (Å²) in [5.41, 5.74) is 16.3. The number of nitrogens with zero attached hydrogens (tertiary/aromatic N) is 1. The van der Waals surface area contributed by atoms with Crippen molar-refractivity contribution in [2.75, 3.05) is 13.2 Å². The van der Waals surface area contributed by atoms with E-state index in [-0.39, 0.29) is 6.17 Å². The number of allylic oxidation sites excluding steroid dienone is 2. The predicted octanol–water partition coefficient (Wildman–Crippen LogP) is 5.31. The molecule has 0 aliphatic heterocycles. The van der Waals surface area contributed by atoms with Gasteiger partial charge in [0.15, 0.2) is 0 Å². The van der Waals surface area contributed by atoms with Crippen molar-refractivity contribution in [3.63, 3.8) is 0 Å². The zero-order valence-electron chi connectivity index (χ0n) is 18.0. The molecule has 0 aliphatic carbocycles. The lowest BCUT2D eigenvalue weighted by Gasteiger charge is -2.08. The summed E-state index contributed by atoms with van der Waals surface area (Å²) in [5.74, 6) is 0.908. The molecule has 1 heterocycles. The molecule has 0 fully saturated rings. The van der Waals surface area contributed by atoms with Gasteiger partial charge < -0.3 is 16.2 Å². The van der Waals surface area contributed by atoms with Crippen molar-refractivity contribution in [3.05, 3.63) is 70.1 Å². The van der Waals surface area contributed by atoms with Crippen LogP contribution in [0, 0.1) is 6.92 Å². The van der Waals surface area contributed by atoms with E-state index in [9.17, 15) is 0 Å². The summed E-state index contributed by atoms with van der Waals surface area (Å²) in [7, 11) is 0. The Bertz CT molecular complexity index is 1050. The normalized spacial score (nSPS) is 13.3. The molecule has 1 atom stereocenters. The minimum Gasteiger partial charge on any atom is -0.494 e. The Kier molecular flexibility index (Phi) is 7.80. The number of aliphatic imine (C=N–C) groups is 1. The fourth-order valence-corrected chi connectivity index (χ4v) is 4.54. The fraction of sp³-hybridized carbons (Fsp3) is 0.320. The second-order valence-corrected chi connectivity index (χ2v) is 8.64. The van der Waals surface area contributed by atoms with Crippen LogP contribution < -0.4 is 16.2 Å². The Labute approximate surface area is 183 Å². The van der Waals surface area contributed by atoms with Crippen molar-refractivity contribution in [3.8, 4) is 5.75 Å². The molecule has 3 rings (SSSR count). The topological polar surface area (TPSA) is 73.6 Å². The Balaban J connectivity index is 1.80. The standard InChI is InChI=1S/C25H31N3OS/c1-17(10-12-28-19(3)27)25-18(2)23-16-21(8-9-24(23)30-25)14-20-6-4-7-22(15-20)29-13-5-11-26/h4,6-10,12,15-16,19H,5,11,13-14,26-27H2,1-3H3/b17-10+,28-12-. The Morgan fingerprint density at radius 1 is 1.20 bits per heavy atom. The van der Waals surface area contributed by atoms with Crippen molar-refractivity contribution in [2.24, 2.45) is 16.5 Å². The monoisotopic (exact) mass is 421 g/mol. The molecular weight excluding hydrogens is 390 g/mol. The van der Waals surface area contributed by atoms with Crippen molar-refractivity contribution in [2.45, 2.75) is 39.8 Å². The highest BCUT2D eigenvalue weighted by Gasteiger charge is 2.11. The molecule has 0 saturated carbocycles. The molecule has 0 radical (unpaired) electrons. The first kappa shape index (κ1) is 22.2. The quantitative estimate of drug-likeness (QED) is 0.363. The number of hydrogen-bond donors (Lipinski definition) is 2. The lowest BCUT2D eigenvalue weighted by molar-refractivity contribution is 0.313. The molecule has 0 spiro atoms. The van der Waals surface area contributed by atoms with E-state index in [1.165, 1.54) is 37.2 Å². The molecule has 4 nitrogen and oxygen atoms in total. The van der Waals surface area contributed by atoms with Crippen molar-refractivity contribution < 1.29 is 4.74 Å². The number of nitrogens with two attached hydrogens (primary N) is 2. The summed E-state index contributed by atoms with van der Waals surface area (Å²) in [5, 5.41) is 1.32. The fourth-order valence-electron chi connectivity index (χ4n) is 3.37. The Morgan fingerprint density at radius 3 is 2.77 bits per heavy atom. The van der Waals surface area contributed by atoms with Gasteiger partial charge in [0.05, 0.1) is 12.8 Å². The van der Waals surface area contributed by atoms with Gasteiger partial charge in [0, 0.05) is 15.8 Å². The highest BCUT2D eigenvalue weighted by Crippen LogP contribution is 2.36. The maximum Gasteiger partial charge on any atom is 0.119 e. The van der Waals surface area contributed by atoms with E-state index < -0.39 is 0 Å². The first-order chi connectivity index (χ1) is 14.5. The van der Waals surface area contributed by atoms with Gasteiger partial charge in [-0.05, 0) is 98.1 Å². The second kappa shape index (κ2) is 10.5. The zero-order valence-corrected chi connectivity index (χ0v) is 18.8. The first-order valence-electron chi connectivity index (χ1n) is 10.4. The molecule has 0 saturated heterocycles. The largest absolute Gasteiger partial charge is 0.494 e. The number of fused-ring (bicyclic) bond motifs is 1. The summed E-state index contributed by atoms with van der Waals surface area (Å²) in [6.45, 7) is 7.50. The average molecular weight is 422 g/mol. The Hall–Kier alpha value is -2.47. The molecule has 4 N–H and O–H groups in total. The summed E-state index contributed by atoms with van der Waals surface area (Å²) >= 11 is 1.83. The third-order valence-electron chi connectivity index (χ3n) is 4.93. The highest BCUT2D eigenvalue weighted by atomic mass is 32.1. The number of benzene rings is 2. The molecule has 0 aliphatic rings. The average Bonchev–Trinajstić information content (AvgIpc) is 3.04. The van der Waals surface area contributed by atoms with Crippen LogP contribution in [0.1, 0.15) is 41.8 Å². The van der Waals surface area contributed by atoms with E-state index in [1.807, 2.05) is 30.4 Å². The van der Waals surface area contributed by atoms with Crippen molar-refractivity contribution >= 4 is 33.2 Å². The van der Waals surface area contributed by atoms with Crippen LogP contribution in [-0.2, 0) is 6.42 Å². The van der Waals surface area contributed by atoms with Crippen LogP contribution in [0.3, 0.4) is 0 Å². The van der Waals surface area contributed by atoms with Gasteiger partial charge in [-0.2, -0.15) is 0 Å². The van der Waals surface area contributed by atoms with Crippen LogP contribution in [0.2, 0.25) is 0 Å². The van der Waals surface area contributed by atoms with E-state index in [0.29, 0.717) is 13.2 Å². The van der Waals surface area contributed by atoms with Crippen LogP contribution >= 0.6 is 11.3 Å². The van der Waals surface area contributed by atoms with Gasteiger partial charge >= 0.3 is 0 Å². The summed E-state index contributed by atoms with van der Waals surface area (Å²) in [4.78, 5) is 5.53. The first-order valence-corrected chi connectivity index (χ1v) is 11.2. The van der Waals surface area contributed by atoms with Crippen LogP contribution in [0.5, 0.6) is 5.75 Å². The molecular formula is C25H31N3OS. The van der Waals surface area contributed by atoms with Gasteiger partial charge in [-0.3, -0.25) is 4.99 Å². The van der Waals surface area contributed by atoms with Gasteiger partial charge in [0.2, 0.25) is 0 Å². The molecule has 3 aromatic rings. The van der Waals surface area contributed by atoms with Gasteiger partial charge in [-0.25, -0.2) is 0 Å². The van der Waals surface area contributed by atoms with Gasteiger partial charge in [-0.15, -0.1) is 11.3 Å². The van der Waals surface area contributed by atoms with Crippen LogP contribution in [0.15, 0.2) is 53.5 Å².